The molecular formula is C18H24N3O5S+. The summed E-state index contributed by atoms with van der Waals surface area (Å²) in [4.78, 5) is 3.21. The van der Waals surface area contributed by atoms with Crippen molar-refractivity contribution in [1.29, 1.82) is 0 Å². The van der Waals surface area contributed by atoms with E-state index >= 15 is 0 Å². The van der Waals surface area contributed by atoms with E-state index in [0.717, 1.165) is 0 Å². The molecule has 0 saturated carbocycles. The molecule has 0 bridgehead atoms. The first-order valence-corrected chi connectivity index (χ1v) is 10.1. The van der Waals surface area contributed by atoms with E-state index in [1.807, 2.05) is 24.3 Å². The van der Waals surface area contributed by atoms with Crippen LogP contribution in [0.25, 0.3) is 0 Å². The molecule has 1 saturated heterocycles. The van der Waals surface area contributed by atoms with Crippen LogP contribution in [0.1, 0.15) is 0 Å². The molecule has 0 unspecified atom stereocenters. The van der Waals surface area contributed by atoms with Crippen LogP contribution in [0.3, 0.4) is 0 Å². The van der Waals surface area contributed by atoms with Crippen molar-refractivity contribution in [1.82, 2.24) is 4.31 Å². The Bertz CT molecular complexity index is 836. The fourth-order valence-electron chi connectivity index (χ4n) is 2.70. The zero-order valence-electron chi connectivity index (χ0n) is 15.2. The average Bonchev–Trinajstić information content (AvgIpc) is 2.72. The molecule has 8 nitrogen and oxygen atoms in total. The van der Waals surface area contributed by atoms with Gasteiger partial charge in [-0.2, -0.15) is 4.31 Å². The van der Waals surface area contributed by atoms with Gasteiger partial charge in [-0.1, -0.05) is 12.1 Å². The summed E-state index contributed by atoms with van der Waals surface area (Å²) in [5.74, 6) is 2.07. The largest absolute Gasteiger partial charge is 0.493 e. The molecule has 27 heavy (non-hydrogen) atoms. The van der Waals surface area contributed by atoms with Gasteiger partial charge in [0.2, 0.25) is 10.0 Å². The normalized spacial score (nSPS) is 15.3. The molecular weight excluding hydrogens is 370 g/mol. The molecule has 0 atom stereocenters. The van der Waals surface area contributed by atoms with Crippen molar-refractivity contribution in [2.75, 3.05) is 51.9 Å². The number of benzene rings is 1. The SMILES string of the molecule is COc1ccccc1OCCNc1ccc(S(=O)(=O)N2CCOCC2)c[nH+]1. The quantitative estimate of drug-likeness (QED) is 0.673. The maximum Gasteiger partial charge on any atom is 0.272 e. The number of nitrogens with one attached hydrogen (secondary N) is 2. The minimum Gasteiger partial charge on any atom is -0.493 e. The highest BCUT2D eigenvalue weighted by Gasteiger charge is 2.27. The minimum absolute atomic E-state index is 0.236. The summed E-state index contributed by atoms with van der Waals surface area (Å²) in [7, 11) is -1.89. The number of aromatic amines is 1. The van der Waals surface area contributed by atoms with E-state index < -0.39 is 10.0 Å². The maximum absolute atomic E-state index is 12.6. The summed E-state index contributed by atoms with van der Waals surface area (Å²) in [5, 5.41) is 3.16. The smallest absolute Gasteiger partial charge is 0.272 e. The lowest BCUT2D eigenvalue weighted by molar-refractivity contribution is -0.364. The van der Waals surface area contributed by atoms with Gasteiger partial charge in [0.15, 0.2) is 11.5 Å². The fraction of sp³-hybridized carbons (Fsp3) is 0.389. The van der Waals surface area contributed by atoms with E-state index in [0.29, 0.717) is 56.8 Å². The third-order valence-electron chi connectivity index (χ3n) is 4.14. The van der Waals surface area contributed by atoms with Crippen molar-refractivity contribution in [3.63, 3.8) is 0 Å². The van der Waals surface area contributed by atoms with E-state index in [1.165, 1.54) is 10.5 Å². The van der Waals surface area contributed by atoms with Crippen molar-refractivity contribution < 1.29 is 27.6 Å². The van der Waals surface area contributed by atoms with E-state index in [2.05, 4.69) is 10.3 Å². The number of aromatic nitrogens is 1. The van der Waals surface area contributed by atoms with Crippen LogP contribution >= 0.6 is 0 Å². The maximum atomic E-state index is 12.6. The second-order valence-corrected chi connectivity index (χ2v) is 7.82. The molecule has 0 aliphatic carbocycles. The molecule has 0 amide bonds. The summed E-state index contributed by atoms with van der Waals surface area (Å²) in [5.41, 5.74) is 0. The summed E-state index contributed by atoms with van der Waals surface area (Å²) in [6.07, 6.45) is 1.49. The van der Waals surface area contributed by atoms with Gasteiger partial charge in [0, 0.05) is 19.2 Å². The molecule has 2 N–H and O–H groups in total. The Balaban J connectivity index is 1.52. The average molecular weight is 394 g/mol. The highest BCUT2D eigenvalue weighted by Crippen LogP contribution is 2.25. The van der Waals surface area contributed by atoms with Crippen molar-refractivity contribution in [3.05, 3.63) is 42.6 Å². The zero-order valence-corrected chi connectivity index (χ0v) is 16.0. The first kappa shape index (κ1) is 19.4. The Hall–Kier alpha value is -2.36. The second-order valence-electron chi connectivity index (χ2n) is 5.88. The highest BCUT2D eigenvalue weighted by atomic mass is 32.2. The van der Waals surface area contributed by atoms with Crippen LogP contribution in [0.2, 0.25) is 0 Å². The Kier molecular flexibility index (Phi) is 6.49. The minimum atomic E-state index is -3.49. The number of hydrogen-bond acceptors (Lipinski definition) is 6. The lowest BCUT2D eigenvalue weighted by Crippen LogP contribution is -2.40. The molecule has 9 heteroatoms. The molecule has 1 aromatic heterocycles. The van der Waals surface area contributed by atoms with Crippen LogP contribution in [0.5, 0.6) is 11.5 Å². The second kappa shape index (κ2) is 9.03. The van der Waals surface area contributed by atoms with E-state index in [4.69, 9.17) is 14.2 Å². The molecule has 2 heterocycles. The number of pyridine rings is 1. The van der Waals surface area contributed by atoms with Crippen LogP contribution < -0.4 is 19.8 Å². The molecule has 1 aromatic carbocycles. The summed E-state index contributed by atoms with van der Waals surface area (Å²) in [6, 6.07) is 10.7. The van der Waals surface area contributed by atoms with Gasteiger partial charge < -0.3 is 14.2 Å². The van der Waals surface area contributed by atoms with Crippen molar-refractivity contribution in [2.24, 2.45) is 0 Å². The fourth-order valence-corrected chi connectivity index (χ4v) is 4.08. The zero-order chi connectivity index (χ0) is 19.1. The van der Waals surface area contributed by atoms with Crippen LogP contribution in [0.4, 0.5) is 5.82 Å². The van der Waals surface area contributed by atoms with Crippen LogP contribution in [0, 0.1) is 0 Å². The number of anilines is 1. The molecule has 0 spiro atoms. The third-order valence-corrected chi connectivity index (χ3v) is 6.03. The number of morpholine rings is 1. The number of ether oxygens (including phenoxy) is 3. The van der Waals surface area contributed by atoms with Gasteiger partial charge in [-0.05, 0) is 18.2 Å². The number of rotatable bonds is 8. The predicted molar refractivity (Wildman–Crippen MR) is 99.6 cm³/mol. The monoisotopic (exact) mass is 394 g/mol. The van der Waals surface area contributed by atoms with Crippen molar-refractivity contribution in [3.8, 4) is 11.5 Å². The van der Waals surface area contributed by atoms with Crippen LogP contribution in [-0.2, 0) is 14.8 Å². The third kappa shape index (κ3) is 4.88. The Morgan fingerprint density at radius 3 is 2.56 bits per heavy atom. The molecule has 1 fully saturated rings. The summed E-state index contributed by atoms with van der Waals surface area (Å²) < 4.78 is 42.7. The molecule has 1 aliphatic heterocycles. The van der Waals surface area contributed by atoms with Gasteiger partial charge in [0.05, 0.1) is 20.3 Å². The van der Waals surface area contributed by atoms with Crippen molar-refractivity contribution >= 4 is 15.8 Å². The summed E-state index contributed by atoms with van der Waals surface area (Å²) >= 11 is 0. The van der Waals surface area contributed by atoms with Gasteiger partial charge in [-0.15, -0.1) is 0 Å². The van der Waals surface area contributed by atoms with Crippen LogP contribution in [-0.4, -0.2) is 59.3 Å². The number of methoxy groups -OCH3 is 1. The Morgan fingerprint density at radius 1 is 1.15 bits per heavy atom. The Morgan fingerprint density at radius 2 is 1.89 bits per heavy atom. The van der Waals surface area contributed by atoms with E-state index in [9.17, 15) is 8.42 Å². The number of nitrogens with zero attached hydrogens (tertiary/aromatic N) is 1. The number of para-hydroxylation sites is 2. The molecule has 3 rings (SSSR count). The predicted octanol–water partition coefficient (Wildman–Crippen LogP) is 1.02. The van der Waals surface area contributed by atoms with Gasteiger partial charge in [0.25, 0.3) is 5.82 Å². The number of sulfonamides is 1. The van der Waals surface area contributed by atoms with Gasteiger partial charge in [0.1, 0.15) is 24.2 Å². The highest BCUT2D eigenvalue weighted by molar-refractivity contribution is 7.89. The van der Waals surface area contributed by atoms with Crippen LogP contribution in [0.15, 0.2) is 47.5 Å². The first-order chi connectivity index (χ1) is 13.1. The molecule has 1 aliphatic rings. The first-order valence-electron chi connectivity index (χ1n) is 8.70. The molecule has 0 radical (unpaired) electrons. The number of hydrogen-bond donors (Lipinski definition) is 1. The van der Waals surface area contributed by atoms with Gasteiger partial charge in [-0.3, -0.25) is 5.32 Å². The lowest BCUT2D eigenvalue weighted by Gasteiger charge is -2.25. The molecule has 146 valence electrons. The van der Waals surface area contributed by atoms with Gasteiger partial charge >= 0.3 is 0 Å². The lowest BCUT2D eigenvalue weighted by atomic mass is 10.3. The van der Waals surface area contributed by atoms with Crippen molar-refractivity contribution in [2.45, 2.75) is 4.90 Å². The number of H-pyrrole nitrogens is 1. The van der Waals surface area contributed by atoms with E-state index in [1.54, 1.807) is 19.2 Å². The van der Waals surface area contributed by atoms with E-state index in [-0.39, 0.29) is 4.90 Å². The topological polar surface area (TPSA) is 91.2 Å². The molecule has 2 aromatic rings. The summed E-state index contributed by atoms with van der Waals surface area (Å²) in [6.45, 7) is 2.58. The Labute approximate surface area is 159 Å². The standard InChI is InChI=1S/C18H23N3O5S/c1-24-16-4-2-3-5-17(16)26-11-8-19-18-7-6-15(14-20-18)27(22,23)21-9-12-25-13-10-21/h2-7,14H,8-13H2,1H3,(H,19,20)/p+1. The van der Waals surface area contributed by atoms with Gasteiger partial charge in [-0.25, -0.2) is 13.4 Å².